The van der Waals surface area contributed by atoms with Crippen LogP contribution in [0.4, 0.5) is 0 Å². The number of hydrogen-bond donors (Lipinski definition) is 0. The number of benzene rings is 1. The van der Waals surface area contributed by atoms with Gasteiger partial charge in [0.05, 0.1) is 0 Å². The third kappa shape index (κ3) is 1.46. The van der Waals surface area contributed by atoms with Crippen LogP contribution in [0.3, 0.4) is 0 Å². The van der Waals surface area contributed by atoms with Crippen LogP contribution >= 0.6 is 0 Å². The predicted octanol–water partition coefficient (Wildman–Crippen LogP) is 3.58. The highest BCUT2D eigenvalue weighted by molar-refractivity contribution is 5.64. The molecule has 0 N–H and O–H groups in total. The first-order chi connectivity index (χ1) is 6.85. The van der Waals surface area contributed by atoms with Gasteiger partial charge in [0.2, 0.25) is 0 Å². The molecule has 0 aliphatic heterocycles. The van der Waals surface area contributed by atoms with Gasteiger partial charge in [0.1, 0.15) is 0 Å². The van der Waals surface area contributed by atoms with Gasteiger partial charge in [0.25, 0.3) is 0 Å². The minimum atomic E-state index is 0.613. The molecule has 70 valence electrons. The highest BCUT2D eigenvalue weighted by atomic mass is 14.2. The molecule has 0 fully saturated rings. The smallest absolute Gasteiger partial charge is 0.0248 e. The first-order valence-corrected chi connectivity index (χ1v) is 5.14. The van der Waals surface area contributed by atoms with Gasteiger partial charge < -0.3 is 0 Å². The van der Waals surface area contributed by atoms with Crippen LogP contribution in [0.15, 0.2) is 24.3 Å². The first kappa shape index (κ1) is 9.09. The second-order valence-electron chi connectivity index (χ2n) is 3.74. The summed E-state index contributed by atoms with van der Waals surface area (Å²) in [6.45, 7) is 2.22. The molecule has 0 heterocycles. The van der Waals surface area contributed by atoms with Crippen LogP contribution in [-0.2, 0) is 0 Å². The van der Waals surface area contributed by atoms with E-state index in [-0.39, 0.29) is 0 Å². The Morgan fingerprint density at radius 1 is 1.43 bits per heavy atom. The lowest BCUT2D eigenvalue weighted by atomic mass is 9.95. The van der Waals surface area contributed by atoms with Crippen molar-refractivity contribution in [3.05, 3.63) is 41.0 Å². The number of rotatable bonds is 2. The summed E-state index contributed by atoms with van der Waals surface area (Å²) in [5.41, 5.74) is 3.72. The average Bonchev–Trinajstić information content (AvgIpc) is 2.61. The van der Waals surface area contributed by atoms with Gasteiger partial charge in [-0.15, -0.1) is 6.42 Å². The Balaban J connectivity index is 2.35. The molecule has 1 aliphatic carbocycles. The lowest BCUT2D eigenvalue weighted by molar-refractivity contribution is 0.725. The summed E-state index contributed by atoms with van der Waals surface area (Å²) in [5, 5.41) is 0. The molecule has 0 saturated carbocycles. The molecule has 0 spiro atoms. The highest BCUT2D eigenvalue weighted by Crippen LogP contribution is 2.33. The van der Waals surface area contributed by atoms with E-state index in [4.69, 9.17) is 6.42 Å². The zero-order chi connectivity index (χ0) is 9.97. The van der Waals surface area contributed by atoms with Crippen molar-refractivity contribution >= 4 is 6.08 Å². The SMILES string of the molecule is C#Cc1ccc2c(c1)C=CC2CCC. The number of fused-ring (bicyclic) bond motifs is 1. The van der Waals surface area contributed by atoms with E-state index < -0.39 is 0 Å². The van der Waals surface area contributed by atoms with Gasteiger partial charge in [-0.3, -0.25) is 0 Å². The molecule has 0 nitrogen and oxygen atoms in total. The fourth-order valence-electron chi connectivity index (χ4n) is 2.03. The number of terminal acetylenes is 1. The summed E-state index contributed by atoms with van der Waals surface area (Å²) in [6.07, 6.45) is 12.3. The van der Waals surface area contributed by atoms with E-state index in [1.165, 1.54) is 24.0 Å². The first-order valence-electron chi connectivity index (χ1n) is 5.14. The van der Waals surface area contributed by atoms with E-state index in [2.05, 4.69) is 37.1 Å². The molecule has 14 heavy (non-hydrogen) atoms. The molecule has 0 amide bonds. The zero-order valence-corrected chi connectivity index (χ0v) is 8.46. The zero-order valence-electron chi connectivity index (χ0n) is 8.46. The van der Waals surface area contributed by atoms with Crippen LogP contribution in [-0.4, -0.2) is 0 Å². The normalized spacial score (nSPS) is 17.9. The molecule has 1 aromatic rings. The summed E-state index contributed by atoms with van der Waals surface area (Å²) < 4.78 is 0. The largest absolute Gasteiger partial charge is 0.115 e. The van der Waals surface area contributed by atoms with Crippen molar-refractivity contribution in [3.8, 4) is 12.3 Å². The Labute approximate surface area is 85.7 Å². The van der Waals surface area contributed by atoms with Gasteiger partial charge in [-0.1, -0.05) is 37.5 Å². The second-order valence-corrected chi connectivity index (χ2v) is 3.74. The van der Waals surface area contributed by atoms with Gasteiger partial charge in [0, 0.05) is 11.5 Å². The van der Waals surface area contributed by atoms with Gasteiger partial charge >= 0.3 is 0 Å². The predicted molar refractivity (Wildman–Crippen MR) is 61.1 cm³/mol. The molecule has 1 aromatic carbocycles. The van der Waals surface area contributed by atoms with Crippen LogP contribution in [0, 0.1) is 12.3 Å². The van der Waals surface area contributed by atoms with Crippen molar-refractivity contribution in [1.82, 2.24) is 0 Å². The molecule has 0 aromatic heterocycles. The maximum absolute atomic E-state index is 5.36. The summed E-state index contributed by atoms with van der Waals surface area (Å²) in [5.74, 6) is 3.28. The molecular weight excluding hydrogens is 168 g/mol. The monoisotopic (exact) mass is 182 g/mol. The van der Waals surface area contributed by atoms with E-state index >= 15 is 0 Å². The van der Waals surface area contributed by atoms with Crippen molar-refractivity contribution in [3.63, 3.8) is 0 Å². The van der Waals surface area contributed by atoms with Crippen molar-refractivity contribution in [2.45, 2.75) is 25.7 Å². The van der Waals surface area contributed by atoms with E-state index in [0.29, 0.717) is 5.92 Å². The van der Waals surface area contributed by atoms with E-state index in [1.807, 2.05) is 6.07 Å². The minimum absolute atomic E-state index is 0.613. The fraction of sp³-hybridized carbons (Fsp3) is 0.286. The lowest BCUT2D eigenvalue weighted by Crippen LogP contribution is -1.92. The minimum Gasteiger partial charge on any atom is -0.115 e. The molecule has 1 aliphatic rings. The van der Waals surface area contributed by atoms with E-state index in [9.17, 15) is 0 Å². The maximum atomic E-state index is 5.36. The van der Waals surface area contributed by atoms with Crippen LogP contribution in [0.5, 0.6) is 0 Å². The van der Waals surface area contributed by atoms with Crippen molar-refractivity contribution in [2.75, 3.05) is 0 Å². The van der Waals surface area contributed by atoms with Crippen molar-refractivity contribution in [2.24, 2.45) is 0 Å². The van der Waals surface area contributed by atoms with Crippen LogP contribution in [0.1, 0.15) is 42.4 Å². The third-order valence-corrected chi connectivity index (χ3v) is 2.76. The highest BCUT2D eigenvalue weighted by Gasteiger charge is 2.15. The Morgan fingerprint density at radius 3 is 3.00 bits per heavy atom. The van der Waals surface area contributed by atoms with E-state index in [0.717, 1.165) is 5.56 Å². The van der Waals surface area contributed by atoms with Gasteiger partial charge in [0.15, 0.2) is 0 Å². The lowest BCUT2D eigenvalue weighted by Gasteiger charge is -2.09. The Kier molecular flexibility index (Phi) is 2.41. The van der Waals surface area contributed by atoms with Gasteiger partial charge in [-0.05, 0) is 29.7 Å². The summed E-state index contributed by atoms with van der Waals surface area (Å²) >= 11 is 0. The molecule has 1 atom stereocenters. The summed E-state index contributed by atoms with van der Waals surface area (Å²) in [7, 11) is 0. The molecule has 1 unspecified atom stereocenters. The Bertz CT molecular complexity index is 405. The standard InChI is InChI=1S/C14H14/c1-3-5-12-7-8-13-10-11(4-2)6-9-14(12)13/h2,6-10,12H,3,5H2,1H3. The number of hydrogen-bond acceptors (Lipinski definition) is 0. The summed E-state index contributed by atoms with van der Waals surface area (Å²) in [4.78, 5) is 0. The molecule has 2 rings (SSSR count). The summed E-state index contributed by atoms with van der Waals surface area (Å²) in [6, 6.07) is 6.31. The van der Waals surface area contributed by atoms with Crippen molar-refractivity contribution in [1.29, 1.82) is 0 Å². The van der Waals surface area contributed by atoms with Gasteiger partial charge in [-0.25, -0.2) is 0 Å². The molecule has 0 heteroatoms. The quantitative estimate of drug-likeness (QED) is 0.613. The third-order valence-electron chi connectivity index (χ3n) is 2.76. The van der Waals surface area contributed by atoms with Crippen LogP contribution < -0.4 is 0 Å². The number of allylic oxidation sites excluding steroid dienone is 1. The van der Waals surface area contributed by atoms with Gasteiger partial charge in [-0.2, -0.15) is 0 Å². The molecule has 0 bridgehead atoms. The second kappa shape index (κ2) is 3.72. The van der Waals surface area contributed by atoms with Crippen LogP contribution in [0.25, 0.3) is 6.08 Å². The van der Waals surface area contributed by atoms with E-state index in [1.54, 1.807) is 0 Å². The average molecular weight is 182 g/mol. The van der Waals surface area contributed by atoms with Crippen molar-refractivity contribution < 1.29 is 0 Å². The maximum Gasteiger partial charge on any atom is 0.0248 e. The molecule has 0 saturated heterocycles. The fourth-order valence-corrected chi connectivity index (χ4v) is 2.03. The topological polar surface area (TPSA) is 0 Å². The van der Waals surface area contributed by atoms with Crippen LogP contribution in [0.2, 0.25) is 0 Å². The molecule has 0 radical (unpaired) electrons. The molecular formula is C14H14. The Hall–Kier alpha value is -1.48. The Morgan fingerprint density at radius 2 is 2.29 bits per heavy atom.